The quantitative estimate of drug-likeness (QED) is 0.878. The Hall–Kier alpha value is -1.55. The molecule has 0 bridgehead atoms. The molecule has 1 aliphatic heterocycles. The molecule has 0 spiro atoms. The van der Waals surface area contributed by atoms with Gasteiger partial charge in [-0.3, -0.25) is 4.79 Å². The van der Waals surface area contributed by atoms with E-state index in [9.17, 15) is 4.79 Å². The molecule has 2 rings (SSSR count). The van der Waals surface area contributed by atoms with E-state index in [0.29, 0.717) is 5.92 Å². The second-order valence-electron chi connectivity index (χ2n) is 4.81. The average molecular weight is 248 g/mol. The smallest absolute Gasteiger partial charge is 0.236 e. The SMILES string of the molecule is COc1ccc(C2CC(C)N(C(=O)CN)C2)cc1. The number of methoxy groups -OCH3 is 1. The Morgan fingerprint density at radius 3 is 2.67 bits per heavy atom. The third-order valence-electron chi connectivity index (χ3n) is 3.66. The predicted molar refractivity (Wildman–Crippen MR) is 70.6 cm³/mol. The van der Waals surface area contributed by atoms with E-state index in [1.807, 2.05) is 17.0 Å². The van der Waals surface area contributed by atoms with E-state index in [-0.39, 0.29) is 18.5 Å². The molecule has 1 heterocycles. The summed E-state index contributed by atoms with van der Waals surface area (Å²) < 4.78 is 5.15. The average Bonchev–Trinajstić information content (AvgIpc) is 2.80. The van der Waals surface area contributed by atoms with Gasteiger partial charge in [0.25, 0.3) is 0 Å². The van der Waals surface area contributed by atoms with E-state index in [1.165, 1.54) is 5.56 Å². The van der Waals surface area contributed by atoms with Crippen molar-refractivity contribution >= 4 is 5.91 Å². The molecule has 2 N–H and O–H groups in total. The van der Waals surface area contributed by atoms with Gasteiger partial charge in [-0.1, -0.05) is 12.1 Å². The third-order valence-corrected chi connectivity index (χ3v) is 3.66. The Bertz CT molecular complexity index is 416. The molecule has 1 aliphatic rings. The summed E-state index contributed by atoms with van der Waals surface area (Å²) in [6.07, 6.45) is 0.998. The molecule has 18 heavy (non-hydrogen) atoms. The van der Waals surface area contributed by atoms with Crippen LogP contribution in [0.4, 0.5) is 0 Å². The summed E-state index contributed by atoms with van der Waals surface area (Å²) in [6, 6.07) is 8.35. The van der Waals surface area contributed by atoms with Crippen molar-refractivity contribution in [3.63, 3.8) is 0 Å². The van der Waals surface area contributed by atoms with Crippen molar-refractivity contribution in [3.8, 4) is 5.75 Å². The number of carbonyl (C=O) groups excluding carboxylic acids is 1. The van der Waals surface area contributed by atoms with Gasteiger partial charge in [-0.2, -0.15) is 0 Å². The highest BCUT2D eigenvalue weighted by Crippen LogP contribution is 2.32. The highest BCUT2D eigenvalue weighted by Gasteiger charge is 2.32. The molecular weight excluding hydrogens is 228 g/mol. The van der Waals surface area contributed by atoms with Gasteiger partial charge >= 0.3 is 0 Å². The topological polar surface area (TPSA) is 55.6 Å². The first kappa shape index (κ1) is 12.9. The molecule has 1 aromatic carbocycles. The minimum absolute atomic E-state index is 0.0403. The monoisotopic (exact) mass is 248 g/mol. The molecule has 0 aliphatic carbocycles. The van der Waals surface area contributed by atoms with Crippen LogP contribution in [-0.4, -0.2) is 37.0 Å². The predicted octanol–water partition coefficient (Wildman–Crippen LogP) is 1.36. The van der Waals surface area contributed by atoms with Gasteiger partial charge in [0, 0.05) is 18.5 Å². The van der Waals surface area contributed by atoms with Crippen molar-refractivity contribution in [1.29, 1.82) is 0 Å². The minimum Gasteiger partial charge on any atom is -0.497 e. The Morgan fingerprint density at radius 1 is 1.44 bits per heavy atom. The number of likely N-dealkylation sites (tertiary alicyclic amines) is 1. The highest BCUT2D eigenvalue weighted by molar-refractivity contribution is 5.78. The number of hydrogen-bond acceptors (Lipinski definition) is 3. The van der Waals surface area contributed by atoms with Gasteiger partial charge in [0.1, 0.15) is 5.75 Å². The van der Waals surface area contributed by atoms with Gasteiger partial charge in [-0.25, -0.2) is 0 Å². The van der Waals surface area contributed by atoms with Gasteiger partial charge in [0.2, 0.25) is 5.91 Å². The maximum atomic E-state index is 11.7. The van der Waals surface area contributed by atoms with E-state index in [0.717, 1.165) is 18.7 Å². The molecule has 4 heteroatoms. The third kappa shape index (κ3) is 2.48. The van der Waals surface area contributed by atoms with Crippen molar-refractivity contribution in [2.75, 3.05) is 20.2 Å². The first-order valence-electron chi connectivity index (χ1n) is 6.29. The zero-order valence-corrected chi connectivity index (χ0v) is 10.9. The molecule has 0 saturated carbocycles. The summed E-state index contributed by atoms with van der Waals surface area (Å²) in [7, 11) is 1.66. The van der Waals surface area contributed by atoms with Gasteiger partial charge in [0.05, 0.1) is 13.7 Å². The molecule has 2 unspecified atom stereocenters. The fraction of sp³-hybridized carbons (Fsp3) is 0.500. The summed E-state index contributed by atoms with van der Waals surface area (Å²) in [5.41, 5.74) is 6.69. The van der Waals surface area contributed by atoms with Crippen molar-refractivity contribution in [1.82, 2.24) is 4.90 Å². The Kier molecular flexibility index (Phi) is 3.87. The van der Waals surface area contributed by atoms with Crippen LogP contribution in [0, 0.1) is 0 Å². The van der Waals surface area contributed by atoms with Crippen LogP contribution < -0.4 is 10.5 Å². The lowest BCUT2D eigenvalue weighted by atomic mass is 9.97. The molecule has 1 amide bonds. The largest absolute Gasteiger partial charge is 0.497 e. The van der Waals surface area contributed by atoms with Crippen LogP contribution in [0.5, 0.6) is 5.75 Å². The second kappa shape index (κ2) is 5.40. The highest BCUT2D eigenvalue weighted by atomic mass is 16.5. The van der Waals surface area contributed by atoms with Crippen LogP contribution in [-0.2, 0) is 4.79 Å². The summed E-state index contributed by atoms with van der Waals surface area (Å²) in [6.45, 7) is 2.94. The zero-order chi connectivity index (χ0) is 13.1. The van der Waals surface area contributed by atoms with E-state index < -0.39 is 0 Å². The maximum Gasteiger partial charge on any atom is 0.236 e. The fourth-order valence-corrected chi connectivity index (χ4v) is 2.61. The number of nitrogens with two attached hydrogens (primary N) is 1. The number of nitrogens with zero attached hydrogens (tertiary/aromatic N) is 1. The zero-order valence-electron chi connectivity index (χ0n) is 10.9. The van der Waals surface area contributed by atoms with Crippen LogP contribution in [0.1, 0.15) is 24.8 Å². The fourth-order valence-electron chi connectivity index (χ4n) is 2.61. The molecule has 2 atom stereocenters. The standard InChI is InChI=1S/C14H20N2O2/c1-10-7-12(9-16(10)14(17)8-15)11-3-5-13(18-2)6-4-11/h3-6,10,12H,7-9,15H2,1-2H3. The molecule has 0 aromatic heterocycles. The lowest BCUT2D eigenvalue weighted by Gasteiger charge is -2.20. The molecule has 98 valence electrons. The van der Waals surface area contributed by atoms with Crippen LogP contribution >= 0.6 is 0 Å². The number of hydrogen-bond donors (Lipinski definition) is 1. The van der Waals surface area contributed by atoms with E-state index in [2.05, 4.69) is 19.1 Å². The maximum absolute atomic E-state index is 11.7. The number of carbonyl (C=O) groups is 1. The number of rotatable bonds is 3. The minimum atomic E-state index is 0.0403. The summed E-state index contributed by atoms with van der Waals surface area (Å²) >= 11 is 0. The van der Waals surface area contributed by atoms with E-state index in [1.54, 1.807) is 7.11 Å². The second-order valence-corrected chi connectivity index (χ2v) is 4.81. The number of benzene rings is 1. The van der Waals surface area contributed by atoms with Crippen molar-refractivity contribution in [2.45, 2.75) is 25.3 Å². The van der Waals surface area contributed by atoms with Crippen LogP contribution in [0.25, 0.3) is 0 Å². The van der Waals surface area contributed by atoms with Crippen LogP contribution in [0.3, 0.4) is 0 Å². The normalized spacial score (nSPS) is 23.2. The summed E-state index contributed by atoms with van der Waals surface area (Å²) in [5.74, 6) is 1.31. The lowest BCUT2D eigenvalue weighted by Crippen LogP contribution is -2.38. The van der Waals surface area contributed by atoms with Crippen LogP contribution in [0.15, 0.2) is 24.3 Å². The Morgan fingerprint density at radius 2 is 2.11 bits per heavy atom. The van der Waals surface area contributed by atoms with Crippen molar-refractivity contribution in [2.24, 2.45) is 5.73 Å². The van der Waals surface area contributed by atoms with Crippen molar-refractivity contribution in [3.05, 3.63) is 29.8 Å². The molecule has 1 aromatic rings. The van der Waals surface area contributed by atoms with Gasteiger partial charge < -0.3 is 15.4 Å². The molecule has 1 fully saturated rings. The first-order chi connectivity index (χ1) is 8.65. The molecular formula is C14H20N2O2. The van der Waals surface area contributed by atoms with Gasteiger partial charge in [0.15, 0.2) is 0 Å². The van der Waals surface area contributed by atoms with Gasteiger partial charge in [-0.15, -0.1) is 0 Å². The van der Waals surface area contributed by atoms with E-state index >= 15 is 0 Å². The molecule has 4 nitrogen and oxygen atoms in total. The Balaban J connectivity index is 2.09. The number of ether oxygens (including phenoxy) is 1. The van der Waals surface area contributed by atoms with Crippen LogP contribution in [0.2, 0.25) is 0 Å². The lowest BCUT2D eigenvalue weighted by molar-refractivity contribution is -0.130. The van der Waals surface area contributed by atoms with Crippen molar-refractivity contribution < 1.29 is 9.53 Å². The summed E-state index contributed by atoms with van der Waals surface area (Å²) in [5, 5.41) is 0. The van der Waals surface area contributed by atoms with E-state index in [4.69, 9.17) is 10.5 Å². The number of amides is 1. The Labute approximate surface area is 108 Å². The first-order valence-corrected chi connectivity index (χ1v) is 6.29. The molecule has 0 radical (unpaired) electrons. The van der Waals surface area contributed by atoms with Gasteiger partial charge in [-0.05, 0) is 31.0 Å². The molecule has 1 saturated heterocycles. The summed E-state index contributed by atoms with van der Waals surface area (Å²) in [4.78, 5) is 13.6.